The quantitative estimate of drug-likeness (QED) is 0.823. The summed E-state index contributed by atoms with van der Waals surface area (Å²) in [6.07, 6.45) is 0.980. The van der Waals surface area contributed by atoms with Crippen LogP contribution < -0.4 is 4.72 Å². The molecule has 0 radical (unpaired) electrons. The lowest BCUT2D eigenvalue weighted by atomic mass is 10.1. The van der Waals surface area contributed by atoms with Gasteiger partial charge in [-0.05, 0) is 24.5 Å². The zero-order valence-electron chi connectivity index (χ0n) is 11.1. The lowest BCUT2D eigenvalue weighted by Crippen LogP contribution is -2.30. The molecular weight excluding hydrogens is 250 g/mol. The fraction of sp³-hybridized carbons (Fsp3) is 0.538. The van der Waals surface area contributed by atoms with Gasteiger partial charge in [0.1, 0.15) is 0 Å². The van der Waals surface area contributed by atoms with Crippen molar-refractivity contribution in [1.82, 2.24) is 4.72 Å². The van der Waals surface area contributed by atoms with Crippen LogP contribution in [-0.4, -0.2) is 27.9 Å². The Morgan fingerprint density at radius 2 is 1.89 bits per heavy atom. The fourth-order valence-corrected chi connectivity index (χ4v) is 2.81. The monoisotopic (exact) mass is 271 g/mol. The molecule has 0 bridgehead atoms. The van der Waals surface area contributed by atoms with Crippen molar-refractivity contribution in [3.8, 4) is 0 Å². The Labute approximate surface area is 109 Å². The molecule has 0 saturated heterocycles. The van der Waals surface area contributed by atoms with E-state index in [9.17, 15) is 8.42 Å². The average Bonchev–Trinajstić information content (AvgIpc) is 2.36. The second-order valence-corrected chi connectivity index (χ2v) is 6.12. The molecule has 1 aromatic rings. The van der Waals surface area contributed by atoms with Crippen LogP contribution in [0.25, 0.3) is 0 Å². The molecule has 0 spiro atoms. The van der Waals surface area contributed by atoms with Crippen molar-refractivity contribution in [3.63, 3.8) is 0 Å². The predicted octanol–water partition coefficient (Wildman–Crippen LogP) is 1.88. The molecule has 0 unspecified atom stereocenters. The number of rotatable bonds is 7. The van der Waals surface area contributed by atoms with E-state index in [0.717, 1.165) is 12.0 Å². The summed E-state index contributed by atoms with van der Waals surface area (Å²) < 4.78 is 30.8. The maximum atomic E-state index is 11.7. The standard InChI is InChI=1S/C13H21NO3S/c1-4-12-5-7-13(8-6-12)11(2)14-18(15,16)10-9-17-3/h5-8,11,14H,4,9-10H2,1-3H3/t11-/m1/s1. The van der Waals surface area contributed by atoms with Gasteiger partial charge in [-0.3, -0.25) is 0 Å². The van der Waals surface area contributed by atoms with Gasteiger partial charge in [-0.2, -0.15) is 0 Å². The number of hydrogen-bond donors (Lipinski definition) is 1. The molecule has 102 valence electrons. The van der Waals surface area contributed by atoms with Crippen LogP contribution in [0.5, 0.6) is 0 Å². The Hall–Kier alpha value is -0.910. The molecule has 0 heterocycles. The summed E-state index contributed by atoms with van der Waals surface area (Å²) in [6, 6.07) is 7.74. The zero-order valence-corrected chi connectivity index (χ0v) is 12.0. The third-order valence-electron chi connectivity index (χ3n) is 2.80. The molecule has 0 aromatic heterocycles. The SMILES string of the molecule is CCc1ccc([C@@H](C)NS(=O)(=O)CCOC)cc1. The Bertz CT molecular complexity index is 454. The van der Waals surface area contributed by atoms with Crippen LogP contribution in [0.15, 0.2) is 24.3 Å². The highest BCUT2D eigenvalue weighted by Gasteiger charge is 2.15. The minimum absolute atomic E-state index is 0.0130. The topological polar surface area (TPSA) is 55.4 Å². The maximum absolute atomic E-state index is 11.7. The molecule has 0 saturated carbocycles. The number of nitrogens with one attached hydrogen (secondary N) is 1. The minimum Gasteiger partial charge on any atom is -0.384 e. The normalized spacial score (nSPS) is 13.5. The molecule has 0 amide bonds. The Morgan fingerprint density at radius 3 is 2.39 bits per heavy atom. The number of aryl methyl sites for hydroxylation is 1. The number of methoxy groups -OCH3 is 1. The van der Waals surface area contributed by atoms with Crippen LogP contribution in [0.2, 0.25) is 0 Å². The van der Waals surface area contributed by atoms with Crippen molar-refractivity contribution in [2.24, 2.45) is 0 Å². The molecule has 1 rings (SSSR count). The Balaban J connectivity index is 2.66. The summed E-state index contributed by atoms with van der Waals surface area (Å²) in [5, 5.41) is 0. The first-order valence-corrected chi connectivity index (χ1v) is 7.71. The van der Waals surface area contributed by atoms with Gasteiger partial charge in [-0.25, -0.2) is 13.1 Å². The summed E-state index contributed by atoms with van der Waals surface area (Å²) in [5.41, 5.74) is 2.21. The fourth-order valence-electron chi connectivity index (χ4n) is 1.63. The van der Waals surface area contributed by atoms with Crippen LogP contribution in [0.1, 0.15) is 31.0 Å². The summed E-state index contributed by atoms with van der Waals surface area (Å²) in [7, 11) is -1.79. The average molecular weight is 271 g/mol. The minimum atomic E-state index is -3.28. The summed E-state index contributed by atoms with van der Waals surface area (Å²) >= 11 is 0. The van der Waals surface area contributed by atoms with Crippen molar-refractivity contribution in [3.05, 3.63) is 35.4 Å². The lowest BCUT2D eigenvalue weighted by Gasteiger charge is -2.14. The smallest absolute Gasteiger partial charge is 0.214 e. The number of sulfonamides is 1. The molecule has 0 fully saturated rings. The van der Waals surface area contributed by atoms with Gasteiger partial charge in [0.05, 0.1) is 12.4 Å². The van der Waals surface area contributed by atoms with E-state index in [-0.39, 0.29) is 18.4 Å². The highest BCUT2D eigenvalue weighted by Crippen LogP contribution is 2.14. The first-order chi connectivity index (χ1) is 8.48. The first-order valence-electron chi connectivity index (χ1n) is 6.06. The van der Waals surface area contributed by atoms with Gasteiger partial charge in [0.2, 0.25) is 10.0 Å². The second kappa shape index (κ2) is 6.87. The predicted molar refractivity (Wildman–Crippen MR) is 73.0 cm³/mol. The number of hydrogen-bond acceptors (Lipinski definition) is 3. The van der Waals surface area contributed by atoms with Crippen molar-refractivity contribution < 1.29 is 13.2 Å². The van der Waals surface area contributed by atoms with E-state index in [4.69, 9.17) is 4.74 Å². The van der Waals surface area contributed by atoms with Crippen LogP contribution in [-0.2, 0) is 21.2 Å². The lowest BCUT2D eigenvalue weighted by molar-refractivity contribution is 0.216. The van der Waals surface area contributed by atoms with E-state index in [1.807, 2.05) is 31.2 Å². The van der Waals surface area contributed by atoms with Crippen molar-refractivity contribution >= 4 is 10.0 Å². The van der Waals surface area contributed by atoms with Gasteiger partial charge >= 0.3 is 0 Å². The Morgan fingerprint density at radius 1 is 1.28 bits per heavy atom. The highest BCUT2D eigenvalue weighted by molar-refractivity contribution is 7.89. The summed E-state index contributed by atoms with van der Waals surface area (Å²) in [6.45, 7) is 4.13. The summed E-state index contributed by atoms with van der Waals surface area (Å²) in [5.74, 6) is -0.0130. The number of ether oxygens (including phenoxy) is 1. The molecule has 4 nitrogen and oxygen atoms in total. The molecular formula is C13H21NO3S. The van der Waals surface area contributed by atoms with E-state index in [1.54, 1.807) is 0 Å². The third-order valence-corrected chi connectivity index (χ3v) is 4.22. The van der Waals surface area contributed by atoms with Gasteiger partial charge in [-0.1, -0.05) is 31.2 Å². The molecule has 5 heteroatoms. The van der Waals surface area contributed by atoms with E-state index < -0.39 is 10.0 Å². The highest BCUT2D eigenvalue weighted by atomic mass is 32.2. The molecule has 0 aliphatic rings. The van der Waals surface area contributed by atoms with Gasteiger partial charge in [0.25, 0.3) is 0 Å². The van der Waals surface area contributed by atoms with Gasteiger partial charge in [-0.15, -0.1) is 0 Å². The summed E-state index contributed by atoms with van der Waals surface area (Å²) in [4.78, 5) is 0. The molecule has 1 N–H and O–H groups in total. The van der Waals surface area contributed by atoms with Gasteiger partial charge in [0, 0.05) is 13.2 Å². The molecule has 18 heavy (non-hydrogen) atoms. The molecule has 1 aromatic carbocycles. The van der Waals surface area contributed by atoms with Crippen LogP contribution >= 0.6 is 0 Å². The largest absolute Gasteiger partial charge is 0.384 e. The van der Waals surface area contributed by atoms with E-state index in [0.29, 0.717) is 0 Å². The van der Waals surface area contributed by atoms with E-state index in [2.05, 4.69) is 11.6 Å². The van der Waals surface area contributed by atoms with Gasteiger partial charge < -0.3 is 4.74 Å². The number of benzene rings is 1. The van der Waals surface area contributed by atoms with Crippen molar-refractivity contribution in [2.45, 2.75) is 26.3 Å². The van der Waals surface area contributed by atoms with Crippen LogP contribution in [0, 0.1) is 0 Å². The van der Waals surface area contributed by atoms with Crippen molar-refractivity contribution in [2.75, 3.05) is 19.5 Å². The third kappa shape index (κ3) is 4.76. The van der Waals surface area contributed by atoms with E-state index in [1.165, 1.54) is 12.7 Å². The Kier molecular flexibility index (Phi) is 5.78. The maximum Gasteiger partial charge on any atom is 0.214 e. The first kappa shape index (κ1) is 15.1. The second-order valence-electron chi connectivity index (χ2n) is 4.25. The van der Waals surface area contributed by atoms with Crippen molar-refractivity contribution in [1.29, 1.82) is 0 Å². The van der Waals surface area contributed by atoms with Crippen LogP contribution in [0.3, 0.4) is 0 Å². The zero-order chi connectivity index (χ0) is 13.6. The molecule has 0 aliphatic carbocycles. The van der Waals surface area contributed by atoms with E-state index >= 15 is 0 Å². The van der Waals surface area contributed by atoms with Gasteiger partial charge in [0.15, 0.2) is 0 Å². The van der Waals surface area contributed by atoms with Crippen LogP contribution in [0.4, 0.5) is 0 Å². The molecule has 0 aliphatic heterocycles. The molecule has 1 atom stereocenters.